The van der Waals surface area contributed by atoms with Gasteiger partial charge in [-0.2, -0.15) is 0 Å². The highest BCUT2D eigenvalue weighted by molar-refractivity contribution is 6.31. The van der Waals surface area contributed by atoms with Crippen molar-refractivity contribution in [2.24, 2.45) is 11.8 Å². The van der Waals surface area contributed by atoms with Crippen LogP contribution in [0.4, 0.5) is 0 Å². The summed E-state index contributed by atoms with van der Waals surface area (Å²) in [6.07, 6.45) is 0.470. The lowest BCUT2D eigenvalue weighted by atomic mass is 9.83. The van der Waals surface area contributed by atoms with Gasteiger partial charge in [0.05, 0.1) is 17.6 Å². The van der Waals surface area contributed by atoms with Gasteiger partial charge >= 0.3 is 0 Å². The van der Waals surface area contributed by atoms with E-state index < -0.39 is 0 Å². The fraction of sp³-hybridized carbons (Fsp3) is 0.625. The number of rotatable bonds is 2. The van der Waals surface area contributed by atoms with Crippen molar-refractivity contribution in [2.75, 3.05) is 0 Å². The number of benzene rings is 1. The molecule has 5 atom stereocenters. The molecule has 0 N–H and O–H groups in total. The zero-order chi connectivity index (χ0) is 14.3. The Morgan fingerprint density at radius 1 is 1.05 bits per heavy atom. The molecule has 5 unspecified atom stereocenters. The van der Waals surface area contributed by atoms with Gasteiger partial charge in [-0.05, 0) is 56.4 Å². The predicted octanol–water partition coefficient (Wildman–Crippen LogP) is 5.30. The first-order valence-corrected chi connectivity index (χ1v) is 7.70. The lowest BCUT2D eigenvalue weighted by Gasteiger charge is -2.26. The molecule has 1 nitrogen and oxygen atoms in total. The molecule has 1 heterocycles. The monoisotopic (exact) mass is 300 g/mol. The second-order valence-electron chi connectivity index (χ2n) is 5.84. The molecule has 0 radical (unpaired) electrons. The molecule has 3 heteroatoms. The Morgan fingerprint density at radius 2 is 1.68 bits per heavy atom. The normalized spacial score (nSPS) is 32.6. The number of halogens is 2. The zero-order valence-corrected chi connectivity index (χ0v) is 13.7. The van der Waals surface area contributed by atoms with Gasteiger partial charge in [-0.1, -0.05) is 24.6 Å². The zero-order valence-electron chi connectivity index (χ0n) is 12.2. The van der Waals surface area contributed by atoms with Crippen molar-refractivity contribution in [1.29, 1.82) is 0 Å². The van der Waals surface area contributed by atoms with E-state index in [-0.39, 0.29) is 17.6 Å². The average Bonchev–Trinajstić information content (AvgIpc) is 2.57. The fourth-order valence-electron chi connectivity index (χ4n) is 3.11. The molecule has 0 aliphatic carbocycles. The molecule has 2 rings (SSSR count). The fourth-order valence-corrected chi connectivity index (χ4v) is 3.99. The number of aryl methyl sites for hydroxylation is 2. The third-order valence-corrected chi connectivity index (χ3v) is 5.43. The number of alkyl halides is 1. The maximum Gasteiger partial charge on any atom is 0.0644 e. The van der Waals surface area contributed by atoms with Gasteiger partial charge in [-0.25, -0.2) is 0 Å². The van der Waals surface area contributed by atoms with E-state index in [4.69, 9.17) is 27.9 Å². The summed E-state index contributed by atoms with van der Waals surface area (Å²) in [6.45, 7) is 10.6. The minimum atomic E-state index is -0.0223. The molecule has 1 aromatic carbocycles. The molecule has 19 heavy (non-hydrogen) atoms. The van der Waals surface area contributed by atoms with Gasteiger partial charge in [0.1, 0.15) is 0 Å². The summed E-state index contributed by atoms with van der Waals surface area (Å²) in [5.74, 6) is 0.809. The Balaban J connectivity index is 2.34. The van der Waals surface area contributed by atoms with Gasteiger partial charge in [0, 0.05) is 10.9 Å². The van der Waals surface area contributed by atoms with E-state index >= 15 is 0 Å². The maximum atomic E-state index is 6.77. The van der Waals surface area contributed by atoms with Crippen LogP contribution in [0.3, 0.4) is 0 Å². The van der Waals surface area contributed by atoms with Crippen LogP contribution in [-0.2, 0) is 4.74 Å². The van der Waals surface area contributed by atoms with Crippen LogP contribution in [0.15, 0.2) is 12.1 Å². The van der Waals surface area contributed by atoms with Gasteiger partial charge in [0.25, 0.3) is 0 Å². The average molecular weight is 301 g/mol. The molecule has 1 aliphatic rings. The molecule has 1 aromatic rings. The standard InChI is InChI=1S/C16H22Cl2O/c1-8-7-14(17)9(2)6-13(8)16(18)15-10(3)11(4)19-12(15)5/h6-7,10-12,15-16H,1-5H3. The third-order valence-electron chi connectivity index (χ3n) is 4.50. The number of hydrogen-bond acceptors (Lipinski definition) is 1. The molecule has 0 amide bonds. The smallest absolute Gasteiger partial charge is 0.0644 e. The van der Waals surface area contributed by atoms with E-state index in [1.54, 1.807) is 0 Å². The molecule has 1 saturated heterocycles. The highest BCUT2D eigenvalue weighted by Gasteiger charge is 2.41. The van der Waals surface area contributed by atoms with Crippen LogP contribution in [0.5, 0.6) is 0 Å². The number of ether oxygens (including phenoxy) is 1. The Kier molecular flexibility index (Phi) is 4.49. The van der Waals surface area contributed by atoms with Crippen molar-refractivity contribution in [3.63, 3.8) is 0 Å². The van der Waals surface area contributed by atoms with Crippen LogP contribution < -0.4 is 0 Å². The summed E-state index contributed by atoms with van der Waals surface area (Å²) < 4.78 is 5.91. The van der Waals surface area contributed by atoms with Crippen molar-refractivity contribution in [3.8, 4) is 0 Å². The van der Waals surface area contributed by atoms with Crippen LogP contribution >= 0.6 is 23.2 Å². The summed E-state index contributed by atoms with van der Waals surface area (Å²) >= 11 is 12.9. The van der Waals surface area contributed by atoms with Crippen molar-refractivity contribution in [2.45, 2.75) is 52.2 Å². The van der Waals surface area contributed by atoms with E-state index in [2.05, 4.69) is 33.8 Å². The molecule has 1 fully saturated rings. The molecule has 106 valence electrons. The minimum absolute atomic E-state index is 0.0223. The molecule has 0 spiro atoms. The highest BCUT2D eigenvalue weighted by Crippen LogP contribution is 2.45. The topological polar surface area (TPSA) is 9.23 Å². The van der Waals surface area contributed by atoms with Crippen LogP contribution in [0, 0.1) is 25.7 Å². The second-order valence-corrected chi connectivity index (χ2v) is 6.72. The predicted molar refractivity (Wildman–Crippen MR) is 82.2 cm³/mol. The summed E-state index contributed by atoms with van der Waals surface area (Å²) in [5, 5.41) is 0.785. The van der Waals surface area contributed by atoms with Gasteiger partial charge in [-0.3, -0.25) is 0 Å². The van der Waals surface area contributed by atoms with E-state index in [1.807, 2.05) is 13.0 Å². The summed E-state index contributed by atoms with van der Waals surface area (Å²) in [7, 11) is 0. The van der Waals surface area contributed by atoms with Crippen LogP contribution in [0.1, 0.15) is 42.8 Å². The largest absolute Gasteiger partial charge is 0.375 e. The Labute approximate surface area is 126 Å². The molecular weight excluding hydrogens is 279 g/mol. The van der Waals surface area contributed by atoms with E-state index in [9.17, 15) is 0 Å². The van der Waals surface area contributed by atoms with Gasteiger partial charge < -0.3 is 4.74 Å². The van der Waals surface area contributed by atoms with Crippen molar-refractivity contribution >= 4 is 23.2 Å². The first kappa shape index (κ1) is 15.2. The lowest BCUT2D eigenvalue weighted by molar-refractivity contribution is 0.0508. The summed E-state index contributed by atoms with van der Waals surface area (Å²) in [5.41, 5.74) is 3.43. The number of hydrogen-bond donors (Lipinski definition) is 0. The van der Waals surface area contributed by atoms with Crippen molar-refractivity contribution in [3.05, 3.63) is 33.8 Å². The quantitative estimate of drug-likeness (QED) is 0.674. The first-order valence-electron chi connectivity index (χ1n) is 6.89. The summed E-state index contributed by atoms with van der Waals surface area (Å²) in [6, 6.07) is 4.13. The third kappa shape index (κ3) is 2.79. The minimum Gasteiger partial charge on any atom is -0.375 e. The second kappa shape index (κ2) is 5.63. The molecule has 0 bridgehead atoms. The SMILES string of the molecule is Cc1cc(C(Cl)C2C(C)OC(C)C2C)c(C)cc1Cl. The molecule has 0 aromatic heterocycles. The van der Waals surface area contributed by atoms with E-state index in [0.717, 1.165) is 16.1 Å². The molecule has 0 saturated carbocycles. The van der Waals surface area contributed by atoms with Gasteiger partial charge in [-0.15, -0.1) is 11.6 Å². The van der Waals surface area contributed by atoms with Gasteiger partial charge in [0.2, 0.25) is 0 Å². The first-order chi connectivity index (χ1) is 8.82. The van der Waals surface area contributed by atoms with Gasteiger partial charge in [0.15, 0.2) is 0 Å². The van der Waals surface area contributed by atoms with Crippen LogP contribution in [0.2, 0.25) is 5.02 Å². The van der Waals surface area contributed by atoms with Crippen LogP contribution in [-0.4, -0.2) is 12.2 Å². The van der Waals surface area contributed by atoms with E-state index in [1.165, 1.54) is 5.56 Å². The molecule has 1 aliphatic heterocycles. The van der Waals surface area contributed by atoms with Crippen molar-refractivity contribution in [1.82, 2.24) is 0 Å². The molecular formula is C16H22Cl2O. The van der Waals surface area contributed by atoms with Crippen LogP contribution in [0.25, 0.3) is 0 Å². The highest BCUT2D eigenvalue weighted by atomic mass is 35.5. The van der Waals surface area contributed by atoms with E-state index in [0.29, 0.717) is 11.8 Å². The maximum absolute atomic E-state index is 6.77. The summed E-state index contributed by atoms with van der Waals surface area (Å²) in [4.78, 5) is 0. The Morgan fingerprint density at radius 3 is 2.21 bits per heavy atom. The van der Waals surface area contributed by atoms with Crippen molar-refractivity contribution < 1.29 is 4.74 Å². The Bertz CT molecular complexity index is 472. The lowest BCUT2D eigenvalue weighted by Crippen LogP contribution is -2.22. The Hall–Kier alpha value is -0.240.